The van der Waals surface area contributed by atoms with Crippen LogP contribution in [0.3, 0.4) is 0 Å². The molecule has 0 spiro atoms. The number of benzene rings is 1. The molecule has 2 rings (SSSR count). The summed E-state index contributed by atoms with van der Waals surface area (Å²) < 4.78 is 49.8. The Morgan fingerprint density at radius 1 is 1.08 bits per heavy atom. The van der Waals surface area contributed by atoms with Crippen molar-refractivity contribution in [3.63, 3.8) is 0 Å². The van der Waals surface area contributed by atoms with Gasteiger partial charge in [-0.25, -0.2) is 9.78 Å². The van der Waals surface area contributed by atoms with Gasteiger partial charge in [0.2, 0.25) is 5.88 Å². The Morgan fingerprint density at radius 2 is 1.76 bits per heavy atom. The molecule has 2 aromatic rings. The van der Waals surface area contributed by atoms with E-state index in [1.54, 1.807) is 0 Å². The molecule has 0 fully saturated rings. The van der Waals surface area contributed by atoms with Gasteiger partial charge in [0.05, 0.1) is 20.4 Å². The molecule has 0 bridgehead atoms. The van der Waals surface area contributed by atoms with Gasteiger partial charge in [-0.3, -0.25) is 0 Å². The number of hydrogen-bond acceptors (Lipinski definition) is 6. The summed E-state index contributed by atoms with van der Waals surface area (Å²) in [6, 6.07) is 4.03. The molecule has 1 heterocycles. The van der Waals surface area contributed by atoms with Gasteiger partial charge >= 0.3 is 18.4 Å². The first-order chi connectivity index (χ1) is 11.8. The molecule has 0 atom stereocenters. The van der Waals surface area contributed by atoms with Crippen molar-refractivity contribution < 1.29 is 32.2 Å². The standard InChI is InChI=1S/C14H13F3N4O4/c1-23-11-10(7-18-13(21-11)24-2)20-12(22)19-8-3-5-9(6-4-8)25-14(15,16)17/h3-7H,1-2H3,(H2,19,20,22). The molecule has 25 heavy (non-hydrogen) atoms. The van der Waals surface area contributed by atoms with Crippen molar-refractivity contribution in [2.24, 2.45) is 0 Å². The Balaban J connectivity index is 2.00. The summed E-state index contributed by atoms with van der Waals surface area (Å²) in [5.41, 5.74) is 0.429. The average molecular weight is 358 g/mol. The number of methoxy groups -OCH3 is 2. The highest BCUT2D eigenvalue weighted by molar-refractivity contribution is 6.00. The molecule has 0 aliphatic carbocycles. The summed E-state index contributed by atoms with van der Waals surface area (Å²) in [6.07, 6.45) is -3.50. The number of anilines is 2. The van der Waals surface area contributed by atoms with Crippen LogP contribution in [-0.2, 0) is 0 Å². The fourth-order valence-corrected chi connectivity index (χ4v) is 1.72. The van der Waals surface area contributed by atoms with Gasteiger partial charge in [-0.15, -0.1) is 13.2 Å². The van der Waals surface area contributed by atoms with Crippen LogP contribution in [0, 0.1) is 0 Å². The lowest BCUT2D eigenvalue weighted by Crippen LogP contribution is -2.20. The summed E-state index contributed by atoms with van der Waals surface area (Å²) >= 11 is 0. The number of carbonyl (C=O) groups is 1. The van der Waals surface area contributed by atoms with Crippen LogP contribution < -0.4 is 24.8 Å². The average Bonchev–Trinajstić information content (AvgIpc) is 2.55. The van der Waals surface area contributed by atoms with Gasteiger partial charge in [0.25, 0.3) is 0 Å². The van der Waals surface area contributed by atoms with Crippen molar-refractivity contribution in [1.82, 2.24) is 9.97 Å². The molecule has 1 aromatic heterocycles. The second kappa shape index (κ2) is 7.55. The van der Waals surface area contributed by atoms with E-state index in [2.05, 4.69) is 25.3 Å². The molecule has 2 amide bonds. The largest absolute Gasteiger partial charge is 0.573 e. The maximum atomic E-state index is 12.1. The number of nitrogens with zero attached hydrogens (tertiary/aromatic N) is 2. The monoisotopic (exact) mass is 358 g/mol. The van der Waals surface area contributed by atoms with Crippen molar-refractivity contribution in [2.45, 2.75) is 6.36 Å². The summed E-state index contributed by atoms with van der Waals surface area (Å²) in [4.78, 5) is 19.7. The van der Waals surface area contributed by atoms with Crippen molar-refractivity contribution in [3.05, 3.63) is 30.5 Å². The first-order valence-electron chi connectivity index (χ1n) is 6.69. The highest BCUT2D eigenvalue weighted by Gasteiger charge is 2.30. The van der Waals surface area contributed by atoms with Gasteiger partial charge in [-0.05, 0) is 24.3 Å². The van der Waals surface area contributed by atoms with Gasteiger partial charge in [-0.2, -0.15) is 4.98 Å². The molecule has 134 valence electrons. The molecule has 0 radical (unpaired) electrons. The van der Waals surface area contributed by atoms with Gasteiger partial charge in [-0.1, -0.05) is 0 Å². The van der Waals surface area contributed by atoms with Crippen LogP contribution in [0.5, 0.6) is 17.6 Å². The Hall–Kier alpha value is -3.24. The van der Waals surface area contributed by atoms with E-state index in [1.165, 1.54) is 32.5 Å². The number of ether oxygens (including phenoxy) is 3. The van der Waals surface area contributed by atoms with E-state index in [4.69, 9.17) is 9.47 Å². The van der Waals surface area contributed by atoms with Crippen molar-refractivity contribution >= 4 is 17.4 Å². The van der Waals surface area contributed by atoms with Crippen LogP contribution in [0.2, 0.25) is 0 Å². The van der Waals surface area contributed by atoms with E-state index in [0.29, 0.717) is 0 Å². The van der Waals surface area contributed by atoms with Gasteiger partial charge in [0.15, 0.2) is 0 Å². The predicted molar refractivity (Wildman–Crippen MR) is 80.9 cm³/mol. The second-order valence-corrected chi connectivity index (χ2v) is 4.43. The molecule has 0 saturated heterocycles. The lowest BCUT2D eigenvalue weighted by molar-refractivity contribution is -0.274. The maximum absolute atomic E-state index is 12.1. The molecular formula is C14H13F3N4O4. The minimum absolute atomic E-state index is 0.0584. The summed E-state index contributed by atoms with van der Waals surface area (Å²) in [5, 5.41) is 4.88. The zero-order valence-corrected chi connectivity index (χ0v) is 13.0. The molecule has 8 nitrogen and oxygen atoms in total. The fraction of sp³-hybridized carbons (Fsp3) is 0.214. The summed E-state index contributed by atoms with van der Waals surface area (Å²) in [7, 11) is 2.73. The minimum atomic E-state index is -4.78. The molecule has 2 N–H and O–H groups in total. The zero-order chi connectivity index (χ0) is 18.4. The molecule has 0 unspecified atom stereocenters. The van der Waals surface area contributed by atoms with Crippen molar-refractivity contribution in [2.75, 3.05) is 24.9 Å². The molecule has 1 aromatic carbocycles. The Bertz CT molecular complexity index is 738. The normalized spacial score (nSPS) is 10.8. The smallest absolute Gasteiger partial charge is 0.479 e. The minimum Gasteiger partial charge on any atom is -0.479 e. The number of halogens is 3. The van der Waals surface area contributed by atoms with E-state index >= 15 is 0 Å². The van der Waals surface area contributed by atoms with Crippen molar-refractivity contribution in [1.29, 1.82) is 0 Å². The SMILES string of the molecule is COc1ncc(NC(=O)Nc2ccc(OC(F)(F)F)cc2)c(OC)n1. The molecule has 0 aliphatic rings. The maximum Gasteiger partial charge on any atom is 0.573 e. The van der Waals surface area contributed by atoms with Crippen LogP contribution in [0.15, 0.2) is 30.5 Å². The zero-order valence-electron chi connectivity index (χ0n) is 13.0. The number of carbonyl (C=O) groups excluding carboxylic acids is 1. The highest BCUT2D eigenvalue weighted by atomic mass is 19.4. The van der Waals surface area contributed by atoms with Gasteiger partial charge in [0.1, 0.15) is 11.4 Å². The second-order valence-electron chi connectivity index (χ2n) is 4.43. The molecule has 0 saturated carbocycles. The van der Waals surface area contributed by atoms with E-state index in [1.807, 2.05) is 0 Å². The lowest BCUT2D eigenvalue weighted by Gasteiger charge is -2.12. The third-order valence-electron chi connectivity index (χ3n) is 2.70. The summed E-state index contributed by atoms with van der Waals surface area (Å²) in [6.45, 7) is 0. The van der Waals surface area contributed by atoms with E-state index in [9.17, 15) is 18.0 Å². The number of nitrogens with one attached hydrogen (secondary N) is 2. The lowest BCUT2D eigenvalue weighted by atomic mass is 10.3. The molecular weight excluding hydrogens is 345 g/mol. The third kappa shape index (κ3) is 5.41. The van der Waals surface area contributed by atoms with E-state index in [0.717, 1.165) is 12.1 Å². The number of hydrogen-bond donors (Lipinski definition) is 2. The van der Waals surface area contributed by atoms with Crippen LogP contribution in [0.1, 0.15) is 0 Å². The van der Waals surface area contributed by atoms with Crippen LogP contribution in [0.25, 0.3) is 0 Å². The van der Waals surface area contributed by atoms with E-state index in [-0.39, 0.29) is 23.3 Å². The molecule has 11 heteroatoms. The van der Waals surface area contributed by atoms with Crippen LogP contribution in [-0.4, -0.2) is 36.6 Å². The number of urea groups is 1. The number of rotatable bonds is 5. The third-order valence-corrected chi connectivity index (χ3v) is 2.70. The Labute approximate surface area is 139 Å². The van der Waals surface area contributed by atoms with Gasteiger partial charge < -0.3 is 24.8 Å². The quantitative estimate of drug-likeness (QED) is 0.853. The Kier molecular flexibility index (Phi) is 5.47. The first-order valence-corrected chi connectivity index (χ1v) is 6.69. The summed E-state index contributed by atoms with van der Waals surface area (Å²) in [5.74, 6) is -0.320. The number of aromatic nitrogens is 2. The van der Waals surface area contributed by atoms with Crippen molar-refractivity contribution in [3.8, 4) is 17.6 Å². The predicted octanol–water partition coefficient (Wildman–Crippen LogP) is 3.04. The van der Waals surface area contributed by atoms with Gasteiger partial charge in [0, 0.05) is 5.69 Å². The molecule has 0 aliphatic heterocycles. The highest BCUT2D eigenvalue weighted by Crippen LogP contribution is 2.25. The Morgan fingerprint density at radius 3 is 2.32 bits per heavy atom. The number of amides is 2. The van der Waals surface area contributed by atoms with Crippen LogP contribution in [0.4, 0.5) is 29.3 Å². The topological polar surface area (TPSA) is 94.6 Å². The number of alkyl halides is 3. The fourth-order valence-electron chi connectivity index (χ4n) is 1.72. The first kappa shape index (κ1) is 18.1. The van der Waals surface area contributed by atoms with E-state index < -0.39 is 18.1 Å². The van der Waals surface area contributed by atoms with Crippen LogP contribution >= 0.6 is 0 Å².